The summed E-state index contributed by atoms with van der Waals surface area (Å²) in [6, 6.07) is 4.33. The smallest absolute Gasteiger partial charge is 0.230 e. The van der Waals surface area contributed by atoms with Gasteiger partial charge in [0.1, 0.15) is 0 Å². The molecule has 1 aliphatic carbocycles. The number of methoxy groups -OCH3 is 2. The molecule has 0 unspecified atom stereocenters. The average molecular weight is 458 g/mol. The molecule has 6 heteroatoms. The Kier molecular flexibility index (Phi) is 6.23. The van der Waals surface area contributed by atoms with Crippen LogP contribution in [0.15, 0.2) is 24.3 Å². The lowest BCUT2D eigenvalue weighted by atomic mass is 9.71. The first-order valence-corrected chi connectivity index (χ1v) is 14.9. The van der Waals surface area contributed by atoms with Gasteiger partial charge >= 0.3 is 0 Å². The Morgan fingerprint density at radius 2 is 1.81 bits per heavy atom. The normalized spacial score (nSPS) is 27.5. The van der Waals surface area contributed by atoms with Crippen LogP contribution in [0.1, 0.15) is 57.2 Å². The van der Waals surface area contributed by atoms with Gasteiger partial charge in [0.25, 0.3) is 0 Å². The number of benzene rings is 1. The minimum absolute atomic E-state index is 0.0112. The van der Waals surface area contributed by atoms with Crippen LogP contribution in [-0.2, 0) is 15.6 Å². The van der Waals surface area contributed by atoms with E-state index in [4.69, 9.17) is 13.9 Å². The molecule has 0 aromatic heterocycles. The topological polar surface area (TPSA) is 48.0 Å². The van der Waals surface area contributed by atoms with Gasteiger partial charge in [-0.3, -0.25) is 4.79 Å². The summed E-state index contributed by atoms with van der Waals surface area (Å²) in [6.45, 7) is 11.9. The van der Waals surface area contributed by atoms with Gasteiger partial charge in [0, 0.05) is 0 Å². The Bertz CT molecular complexity index is 904. The summed E-state index contributed by atoms with van der Waals surface area (Å²) in [5, 5.41) is 0.138. The fraction of sp³-hybridized carbons (Fsp3) is 0.654. The number of hydrogen-bond acceptors (Lipinski definition) is 4. The molecule has 5 nitrogen and oxygen atoms in total. The maximum Gasteiger partial charge on any atom is 0.230 e. The largest absolute Gasteiger partial charge is 0.493 e. The molecule has 2 heterocycles. The first-order chi connectivity index (χ1) is 15.1. The molecule has 2 aliphatic heterocycles. The zero-order chi connectivity index (χ0) is 23.3. The molecule has 0 saturated carbocycles. The molecule has 32 heavy (non-hydrogen) atoms. The molecule has 1 aromatic carbocycles. The molecule has 1 saturated heterocycles. The minimum Gasteiger partial charge on any atom is -0.493 e. The number of amides is 1. The number of carbonyl (C=O) groups is 1. The van der Waals surface area contributed by atoms with Crippen molar-refractivity contribution in [2.45, 2.75) is 76.7 Å². The summed E-state index contributed by atoms with van der Waals surface area (Å²) in [7, 11) is 1.43. The van der Waals surface area contributed by atoms with E-state index in [1.54, 1.807) is 14.2 Å². The highest BCUT2D eigenvalue weighted by molar-refractivity contribution is 6.74. The second-order valence-electron chi connectivity index (χ2n) is 11.1. The number of nitrogens with zero attached hydrogens (tertiary/aromatic N) is 1. The average Bonchev–Trinajstić information content (AvgIpc) is 2.75. The Balaban J connectivity index is 1.72. The Morgan fingerprint density at radius 3 is 2.47 bits per heavy atom. The highest BCUT2D eigenvalue weighted by Gasteiger charge is 2.48. The van der Waals surface area contributed by atoms with Gasteiger partial charge in [-0.05, 0) is 73.0 Å². The maximum atomic E-state index is 13.8. The summed E-state index contributed by atoms with van der Waals surface area (Å²) in [4.78, 5) is 16.0. The SMILES string of the molecule is COc1cc2c(cc1OC)[C@H]1C[C@@H]3CCC=C[C@H]3C(=O)N1[C@H](CO[Si](C)(C)C(C)(C)C)C2. The second-order valence-corrected chi connectivity index (χ2v) is 15.9. The number of allylic oxidation sites excluding steroid dienone is 1. The summed E-state index contributed by atoms with van der Waals surface area (Å²) in [5.41, 5.74) is 2.47. The lowest BCUT2D eigenvalue weighted by Gasteiger charge is -2.51. The summed E-state index contributed by atoms with van der Waals surface area (Å²) >= 11 is 0. The van der Waals surface area contributed by atoms with Gasteiger partial charge in [0.15, 0.2) is 19.8 Å². The van der Waals surface area contributed by atoms with E-state index in [1.807, 2.05) is 0 Å². The van der Waals surface area contributed by atoms with Crippen LogP contribution in [0.25, 0.3) is 0 Å². The summed E-state index contributed by atoms with van der Waals surface area (Å²) in [5.74, 6) is 2.18. The van der Waals surface area contributed by atoms with Crippen LogP contribution in [-0.4, -0.2) is 46.0 Å². The molecule has 3 aliphatic rings. The molecule has 1 amide bonds. The Labute approximate surface area is 194 Å². The zero-order valence-corrected chi connectivity index (χ0v) is 21.7. The van der Waals surface area contributed by atoms with Crippen LogP contribution in [0.5, 0.6) is 11.5 Å². The van der Waals surface area contributed by atoms with E-state index in [0.717, 1.165) is 37.2 Å². The Morgan fingerprint density at radius 1 is 1.12 bits per heavy atom. The van der Waals surface area contributed by atoms with Crippen molar-refractivity contribution < 1.29 is 18.7 Å². The van der Waals surface area contributed by atoms with Gasteiger partial charge in [-0.25, -0.2) is 0 Å². The number of fused-ring (bicyclic) bond motifs is 4. The van der Waals surface area contributed by atoms with E-state index < -0.39 is 8.32 Å². The van der Waals surface area contributed by atoms with Crippen LogP contribution in [0.2, 0.25) is 18.1 Å². The molecule has 0 bridgehead atoms. The number of hydrogen-bond donors (Lipinski definition) is 0. The van der Waals surface area contributed by atoms with Crippen LogP contribution < -0.4 is 9.47 Å². The van der Waals surface area contributed by atoms with Crippen molar-refractivity contribution in [3.05, 3.63) is 35.4 Å². The van der Waals surface area contributed by atoms with E-state index in [2.05, 4.69) is 63.0 Å². The number of piperidine rings is 1. The molecular weight excluding hydrogens is 418 g/mol. The van der Waals surface area contributed by atoms with E-state index in [9.17, 15) is 4.79 Å². The van der Waals surface area contributed by atoms with Crippen LogP contribution in [0, 0.1) is 11.8 Å². The van der Waals surface area contributed by atoms with Crippen LogP contribution in [0.4, 0.5) is 0 Å². The number of rotatable bonds is 5. The van der Waals surface area contributed by atoms with E-state index in [-0.39, 0.29) is 28.9 Å². The summed E-state index contributed by atoms with van der Waals surface area (Å²) in [6.07, 6.45) is 8.28. The predicted molar refractivity (Wildman–Crippen MR) is 130 cm³/mol. The molecule has 176 valence electrons. The lowest BCUT2D eigenvalue weighted by Crippen LogP contribution is -2.57. The van der Waals surface area contributed by atoms with Crippen molar-refractivity contribution in [1.29, 1.82) is 0 Å². The lowest BCUT2D eigenvalue weighted by molar-refractivity contribution is -0.149. The number of carbonyl (C=O) groups excluding carboxylic acids is 1. The fourth-order valence-corrected chi connectivity index (χ4v) is 6.35. The van der Waals surface area contributed by atoms with Crippen molar-refractivity contribution in [2.75, 3.05) is 20.8 Å². The molecular formula is C26H39NO4Si. The van der Waals surface area contributed by atoms with Crippen molar-refractivity contribution >= 4 is 14.2 Å². The molecule has 4 atom stereocenters. The van der Waals surface area contributed by atoms with Gasteiger partial charge < -0.3 is 18.8 Å². The van der Waals surface area contributed by atoms with Crippen molar-refractivity contribution in [3.63, 3.8) is 0 Å². The summed E-state index contributed by atoms with van der Waals surface area (Å²) < 4.78 is 17.9. The van der Waals surface area contributed by atoms with Crippen molar-refractivity contribution in [3.8, 4) is 11.5 Å². The third-order valence-electron chi connectivity index (χ3n) is 8.25. The zero-order valence-electron chi connectivity index (χ0n) is 20.7. The third-order valence-corrected chi connectivity index (χ3v) is 12.8. The third kappa shape index (κ3) is 4.00. The molecule has 1 aromatic rings. The maximum absolute atomic E-state index is 13.8. The van der Waals surface area contributed by atoms with Gasteiger partial charge in [0.2, 0.25) is 5.91 Å². The monoisotopic (exact) mass is 457 g/mol. The fourth-order valence-electron chi connectivity index (χ4n) is 5.31. The molecule has 0 radical (unpaired) electrons. The van der Waals surface area contributed by atoms with Gasteiger partial charge in [-0.1, -0.05) is 32.9 Å². The first-order valence-electron chi connectivity index (χ1n) is 11.9. The Hall–Kier alpha value is -1.79. The molecule has 1 fully saturated rings. The van der Waals surface area contributed by atoms with Gasteiger partial charge in [-0.15, -0.1) is 0 Å². The standard InChI is InChI=1S/C26H39NO4Si/c1-26(2,3)32(6,7)31-16-19-12-18-14-23(29-4)24(30-5)15-21(18)22-13-17-10-8-9-11-20(17)25(28)27(19)22/h9,11,14-15,17,19-20,22H,8,10,12-13,16H2,1-7H3/t17-,19-,20+,22+/m0/s1. The van der Waals surface area contributed by atoms with Crippen LogP contribution in [0.3, 0.4) is 0 Å². The van der Waals surface area contributed by atoms with E-state index >= 15 is 0 Å². The van der Waals surface area contributed by atoms with Crippen LogP contribution >= 0.6 is 0 Å². The number of ether oxygens (including phenoxy) is 2. The predicted octanol–water partition coefficient (Wildman–Crippen LogP) is 5.51. The highest BCUT2D eigenvalue weighted by atomic mass is 28.4. The van der Waals surface area contributed by atoms with E-state index in [0.29, 0.717) is 12.5 Å². The van der Waals surface area contributed by atoms with Crippen molar-refractivity contribution in [1.82, 2.24) is 4.90 Å². The van der Waals surface area contributed by atoms with Gasteiger partial charge in [0.05, 0.1) is 38.8 Å². The molecule has 4 rings (SSSR count). The van der Waals surface area contributed by atoms with E-state index in [1.165, 1.54) is 11.1 Å². The molecule has 0 spiro atoms. The minimum atomic E-state index is -1.92. The molecule has 0 N–H and O–H groups in total. The van der Waals surface area contributed by atoms with Gasteiger partial charge in [-0.2, -0.15) is 0 Å². The van der Waals surface area contributed by atoms with Crippen molar-refractivity contribution in [2.24, 2.45) is 11.8 Å². The quantitative estimate of drug-likeness (QED) is 0.432. The second kappa shape index (κ2) is 8.53. The first kappa shape index (κ1) is 23.4. The highest BCUT2D eigenvalue weighted by Crippen LogP contribution is 2.49.